The fourth-order valence-corrected chi connectivity index (χ4v) is 1.95. The molecule has 2 rings (SSSR count). The van der Waals surface area contributed by atoms with Crippen molar-refractivity contribution in [2.45, 2.75) is 6.42 Å². The van der Waals surface area contributed by atoms with E-state index in [0.717, 1.165) is 0 Å². The van der Waals surface area contributed by atoms with Gasteiger partial charge in [0.1, 0.15) is 5.70 Å². The quantitative estimate of drug-likeness (QED) is 0.662. The van der Waals surface area contributed by atoms with Gasteiger partial charge in [-0.1, -0.05) is 18.2 Å². The lowest BCUT2D eigenvalue weighted by Crippen LogP contribution is -2.35. The lowest BCUT2D eigenvalue weighted by atomic mass is 10.2. The molecule has 0 aliphatic rings. The number of nitrogens with zero attached hydrogens (tertiary/aromatic N) is 1. The second-order valence-electron chi connectivity index (χ2n) is 5.06. The van der Waals surface area contributed by atoms with Crippen molar-refractivity contribution in [3.05, 3.63) is 71.7 Å². The zero-order chi connectivity index (χ0) is 18.1. The standard InChI is InChI=1S/C18H17N3O4/c22-16(23)8-11-20-18(25)15(12-13-6-9-19-10-7-13)21-17(24)14-4-2-1-3-5-14/h1-7,9-10,12H,8,11H2,(H,20,25)(H,21,24)(H,22,23). The van der Waals surface area contributed by atoms with Crippen LogP contribution in [-0.2, 0) is 9.59 Å². The highest BCUT2D eigenvalue weighted by Crippen LogP contribution is 2.06. The second-order valence-corrected chi connectivity index (χ2v) is 5.06. The van der Waals surface area contributed by atoms with Gasteiger partial charge in [0.05, 0.1) is 6.42 Å². The van der Waals surface area contributed by atoms with Crippen molar-refractivity contribution in [1.29, 1.82) is 0 Å². The van der Waals surface area contributed by atoms with E-state index in [9.17, 15) is 14.4 Å². The topological polar surface area (TPSA) is 108 Å². The maximum absolute atomic E-state index is 12.3. The SMILES string of the molecule is O=C(O)CCNC(=O)C(=Cc1ccncc1)NC(=O)c1ccccc1. The third kappa shape index (κ3) is 5.91. The molecule has 128 valence electrons. The number of benzene rings is 1. The zero-order valence-electron chi connectivity index (χ0n) is 13.3. The molecule has 1 aromatic heterocycles. The van der Waals surface area contributed by atoms with Gasteiger partial charge in [-0.3, -0.25) is 19.4 Å². The predicted molar refractivity (Wildman–Crippen MR) is 91.4 cm³/mol. The minimum Gasteiger partial charge on any atom is -0.481 e. The van der Waals surface area contributed by atoms with Gasteiger partial charge >= 0.3 is 5.97 Å². The molecule has 0 fully saturated rings. The molecule has 25 heavy (non-hydrogen) atoms. The first-order chi connectivity index (χ1) is 12.1. The largest absolute Gasteiger partial charge is 0.481 e. The average Bonchev–Trinajstić information content (AvgIpc) is 2.62. The highest BCUT2D eigenvalue weighted by molar-refractivity contribution is 6.05. The van der Waals surface area contributed by atoms with Crippen molar-refractivity contribution in [1.82, 2.24) is 15.6 Å². The summed E-state index contributed by atoms with van der Waals surface area (Å²) in [5.74, 6) is -2.02. The number of rotatable bonds is 7. The van der Waals surface area contributed by atoms with Crippen molar-refractivity contribution >= 4 is 23.9 Å². The minimum absolute atomic E-state index is 0.0189. The Labute approximate surface area is 144 Å². The van der Waals surface area contributed by atoms with Gasteiger partial charge in [0.25, 0.3) is 11.8 Å². The Hall–Kier alpha value is -3.48. The first-order valence-electron chi connectivity index (χ1n) is 7.54. The maximum Gasteiger partial charge on any atom is 0.305 e. The smallest absolute Gasteiger partial charge is 0.305 e. The first-order valence-corrected chi connectivity index (χ1v) is 7.54. The number of carbonyl (C=O) groups excluding carboxylic acids is 2. The number of amides is 2. The van der Waals surface area contributed by atoms with Crippen molar-refractivity contribution in [3.63, 3.8) is 0 Å². The second kappa shape index (κ2) is 8.97. The summed E-state index contributed by atoms with van der Waals surface area (Å²) in [6, 6.07) is 11.8. The van der Waals surface area contributed by atoms with E-state index in [1.54, 1.807) is 54.9 Å². The van der Waals surface area contributed by atoms with E-state index < -0.39 is 17.8 Å². The molecule has 0 unspecified atom stereocenters. The number of aromatic nitrogens is 1. The third-order valence-corrected chi connectivity index (χ3v) is 3.17. The van der Waals surface area contributed by atoms with E-state index in [-0.39, 0.29) is 18.7 Å². The molecule has 0 aliphatic carbocycles. The molecule has 3 N–H and O–H groups in total. The fourth-order valence-electron chi connectivity index (χ4n) is 1.95. The van der Waals surface area contributed by atoms with Crippen LogP contribution >= 0.6 is 0 Å². The molecule has 0 saturated heterocycles. The molecule has 0 saturated carbocycles. The van der Waals surface area contributed by atoms with Crippen LogP contribution in [0.25, 0.3) is 6.08 Å². The van der Waals surface area contributed by atoms with Gasteiger partial charge < -0.3 is 15.7 Å². The zero-order valence-corrected chi connectivity index (χ0v) is 13.3. The summed E-state index contributed by atoms with van der Waals surface area (Å²) in [4.78, 5) is 39.0. The van der Waals surface area contributed by atoms with E-state index in [0.29, 0.717) is 11.1 Å². The Morgan fingerprint density at radius 2 is 1.72 bits per heavy atom. The summed E-state index contributed by atoms with van der Waals surface area (Å²) in [6.45, 7) is -0.0386. The van der Waals surface area contributed by atoms with Crippen LogP contribution in [0.4, 0.5) is 0 Å². The van der Waals surface area contributed by atoms with Crippen molar-refractivity contribution in [3.8, 4) is 0 Å². The highest BCUT2D eigenvalue weighted by Gasteiger charge is 2.14. The van der Waals surface area contributed by atoms with Gasteiger partial charge in [-0.15, -0.1) is 0 Å². The molecule has 2 amide bonds. The highest BCUT2D eigenvalue weighted by atomic mass is 16.4. The van der Waals surface area contributed by atoms with Crippen molar-refractivity contribution in [2.24, 2.45) is 0 Å². The van der Waals surface area contributed by atoms with Gasteiger partial charge in [0.15, 0.2) is 0 Å². The Morgan fingerprint density at radius 3 is 2.36 bits per heavy atom. The van der Waals surface area contributed by atoms with E-state index in [4.69, 9.17) is 5.11 Å². The Balaban J connectivity index is 2.17. The number of hydrogen-bond donors (Lipinski definition) is 3. The van der Waals surface area contributed by atoms with Gasteiger partial charge in [0, 0.05) is 24.5 Å². The fraction of sp³-hybridized carbons (Fsp3) is 0.111. The van der Waals surface area contributed by atoms with E-state index in [1.807, 2.05) is 0 Å². The molecule has 1 aromatic carbocycles. The predicted octanol–water partition coefficient (Wildman–Crippen LogP) is 1.44. The minimum atomic E-state index is -1.02. The molecule has 1 heterocycles. The van der Waals surface area contributed by atoms with Crippen LogP contribution in [0.1, 0.15) is 22.3 Å². The number of nitrogens with one attached hydrogen (secondary N) is 2. The Bertz CT molecular complexity index is 773. The molecule has 7 heteroatoms. The van der Waals surface area contributed by atoms with E-state index >= 15 is 0 Å². The molecule has 7 nitrogen and oxygen atoms in total. The molecular formula is C18H17N3O4. The van der Waals surface area contributed by atoms with Crippen LogP contribution in [0.15, 0.2) is 60.6 Å². The van der Waals surface area contributed by atoms with Crippen LogP contribution in [-0.4, -0.2) is 34.4 Å². The van der Waals surface area contributed by atoms with Crippen LogP contribution in [0.3, 0.4) is 0 Å². The normalized spacial score (nSPS) is 10.8. The van der Waals surface area contributed by atoms with Crippen molar-refractivity contribution in [2.75, 3.05) is 6.54 Å². The lowest BCUT2D eigenvalue weighted by molar-refractivity contribution is -0.136. The van der Waals surface area contributed by atoms with Gasteiger partial charge in [-0.25, -0.2) is 0 Å². The summed E-state index contributed by atoms with van der Waals surface area (Å²) in [6.07, 6.45) is 4.41. The van der Waals surface area contributed by atoms with Gasteiger partial charge in [-0.05, 0) is 35.9 Å². The van der Waals surface area contributed by atoms with Crippen LogP contribution in [0.5, 0.6) is 0 Å². The van der Waals surface area contributed by atoms with Gasteiger partial charge in [0.2, 0.25) is 0 Å². The summed E-state index contributed by atoms with van der Waals surface area (Å²) in [7, 11) is 0. The monoisotopic (exact) mass is 339 g/mol. The number of carboxylic acid groups (broad SMARTS) is 1. The lowest BCUT2D eigenvalue weighted by Gasteiger charge is -2.10. The number of carboxylic acids is 1. The van der Waals surface area contributed by atoms with Crippen LogP contribution in [0, 0.1) is 0 Å². The number of carbonyl (C=O) groups is 3. The Kier molecular flexibility index (Phi) is 6.41. The third-order valence-electron chi connectivity index (χ3n) is 3.17. The summed E-state index contributed by atoms with van der Waals surface area (Å²) >= 11 is 0. The molecule has 0 aliphatic heterocycles. The first kappa shape index (κ1) is 17.9. The molecule has 0 atom stereocenters. The summed E-state index contributed by atoms with van der Waals surface area (Å²) in [5.41, 5.74) is 1.10. The van der Waals surface area contributed by atoms with Crippen LogP contribution in [0.2, 0.25) is 0 Å². The molecule has 0 bridgehead atoms. The van der Waals surface area contributed by atoms with Crippen molar-refractivity contribution < 1.29 is 19.5 Å². The van der Waals surface area contributed by atoms with Gasteiger partial charge in [-0.2, -0.15) is 0 Å². The Morgan fingerprint density at radius 1 is 1.04 bits per heavy atom. The van der Waals surface area contributed by atoms with E-state index in [2.05, 4.69) is 15.6 Å². The van der Waals surface area contributed by atoms with Crippen LogP contribution < -0.4 is 10.6 Å². The molecule has 2 aromatic rings. The molecule has 0 radical (unpaired) electrons. The number of pyridine rings is 1. The molecular weight excluding hydrogens is 322 g/mol. The molecule has 0 spiro atoms. The van der Waals surface area contributed by atoms with E-state index in [1.165, 1.54) is 6.08 Å². The average molecular weight is 339 g/mol. The summed E-state index contributed by atoms with van der Waals surface area (Å²) < 4.78 is 0. The maximum atomic E-state index is 12.3. The number of hydrogen-bond acceptors (Lipinski definition) is 4. The number of aliphatic carboxylic acids is 1. The summed E-state index contributed by atoms with van der Waals surface area (Å²) in [5, 5.41) is 13.7.